The fourth-order valence-electron chi connectivity index (χ4n) is 3.25. The summed E-state index contributed by atoms with van der Waals surface area (Å²) in [5.74, 6) is 0.0877. The molecule has 0 amide bonds. The Kier molecular flexibility index (Phi) is 6.57. The highest BCUT2D eigenvalue weighted by Crippen LogP contribution is 2.23. The quantitative estimate of drug-likeness (QED) is 0.754. The lowest BCUT2D eigenvalue weighted by Crippen LogP contribution is -2.35. The van der Waals surface area contributed by atoms with Crippen LogP contribution in [0.2, 0.25) is 0 Å². The molecule has 0 bridgehead atoms. The minimum Gasteiger partial charge on any atom is -0.486 e. The van der Waals surface area contributed by atoms with E-state index >= 15 is 0 Å². The van der Waals surface area contributed by atoms with Crippen LogP contribution in [0.1, 0.15) is 36.4 Å². The van der Waals surface area contributed by atoms with Crippen molar-refractivity contribution in [2.75, 3.05) is 13.1 Å². The van der Waals surface area contributed by atoms with Gasteiger partial charge in [0, 0.05) is 24.9 Å². The molecule has 7 heteroatoms. The first-order chi connectivity index (χ1) is 12.6. The summed E-state index contributed by atoms with van der Waals surface area (Å²) >= 11 is 1.56. The van der Waals surface area contributed by atoms with Crippen molar-refractivity contribution >= 4 is 17.3 Å². The minimum atomic E-state index is -0.715. The first-order valence-corrected chi connectivity index (χ1v) is 9.72. The maximum absolute atomic E-state index is 12.9. The topological polar surface area (TPSA) is 62.7 Å². The highest BCUT2D eigenvalue weighted by atomic mass is 32.1. The molecule has 1 aromatic heterocycles. The van der Waals surface area contributed by atoms with Crippen LogP contribution in [-0.2, 0) is 17.9 Å². The van der Waals surface area contributed by atoms with E-state index in [0.29, 0.717) is 18.3 Å². The second kappa shape index (κ2) is 9.09. The maximum atomic E-state index is 12.9. The number of rotatable bonds is 8. The Labute approximate surface area is 156 Å². The van der Waals surface area contributed by atoms with Gasteiger partial charge in [-0.3, -0.25) is 9.69 Å². The Morgan fingerprint density at radius 2 is 2.19 bits per heavy atom. The van der Waals surface area contributed by atoms with Gasteiger partial charge in [0.15, 0.2) is 0 Å². The Morgan fingerprint density at radius 3 is 2.96 bits per heavy atom. The molecule has 1 aromatic carbocycles. The van der Waals surface area contributed by atoms with Crippen LogP contribution in [0.3, 0.4) is 0 Å². The molecular weight excluding hydrogens is 355 g/mol. The maximum Gasteiger partial charge on any atom is 0.303 e. The third-order valence-electron chi connectivity index (χ3n) is 4.53. The second-order valence-corrected chi connectivity index (χ2v) is 7.59. The monoisotopic (exact) mass is 378 g/mol. The Morgan fingerprint density at radius 1 is 1.38 bits per heavy atom. The van der Waals surface area contributed by atoms with Gasteiger partial charge in [0.1, 0.15) is 23.2 Å². The van der Waals surface area contributed by atoms with Crippen LogP contribution in [0.15, 0.2) is 29.6 Å². The number of nitrogens with zero attached hydrogens (tertiary/aromatic N) is 2. The van der Waals surface area contributed by atoms with Gasteiger partial charge >= 0.3 is 5.97 Å². The van der Waals surface area contributed by atoms with Gasteiger partial charge in [-0.2, -0.15) is 0 Å². The van der Waals surface area contributed by atoms with Gasteiger partial charge in [-0.15, -0.1) is 11.3 Å². The van der Waals surface area contributed by atoms with Gasteiger partial charge in [0.25, 0.3) is 0 Å². The van der Waals surface area contributed by atoms with E-state index < -0.39 is 5.97 Å². The lowest BCUT2D eigenvalue weighted by Gasteiger charge is -2.32. The average molecular weight is 378 g/mol. The van der Waals surface area contributed by atoms with Crippen LogP contribution in [0.4, 0.5) is 4.39 Å². The predicted molar refractivity (Wildman–Crippen MR) is 97.7 cm³/mol. The van der Waals surface area contributed by atoms with Crippen LogP contribution < -0.4 is 4.74 Å². The zero-order valence-corrected chi connectivity index (χ0v) is 15.4. The van der Waals surface area contributed by atoms with Crippen LogP contribution in [0.5, 0.6) is 5.75 Å². The van der Waals surface area contributed by atoms with E-state index in [9.17, 15) is 9.18 Å². The number of aliphatic carboxylic acids is 1. The highest BCUT2D eigenvalue weighted by molar-refractivity contribution is 7.09. The van der Waals surface area contributed by atoms with Gasteiger partial charge in [-0.25, -0.2) is 9.37 Å². The Hall–Kier alpha value is -1.99. The fraction of sp³-hybridized carbons (Fsp3) is 0.474. The molecule has 2 aromatic rings. The summed E-state index contributed by atoms with van der Waals surface area (Å²) in [5, 5.41) is 11.8. The minimum absolute atomic E-state index is 0.250. The van der Waals surface area contributed by atoms with E-state index in [1.54, 1.807) is 23.5 Å². The normalized spacial score (nSPS) is 18.0. The van der Waals surface area contributed by atoms with Crippen LogP contribution in [-0.4, -0.2) is 34.0 Å². The third kappa shape index (κ3) is 5.78. The molecule has 1 fully saturated rings. The van der Waals surface area contributed by atoms with Crippen molar-refractivity contribution in [3.05, 3.63) is 46.2 Å². The molecule has 1 aliphatic rings. The molecule has 0 aliphatic carbocycles. The molecule has 1 aliphatic heterocycles. The van der Waals surface area contributed by atoms with Gasteiger partial charge in [0.2, 0.25) is 0 Å². The summed E-state index contributed by atoms with van der Waals surface area (Å²) in [7, 11) is 0. The molecule has 26 heavy (non-hydrogen) atoms. The molecular formula is C19H23FN2O3S. The molecule has 1 saturated heterocycles. The van der Waals surface area contributed by atoms with E-state index in [0.717, 1.165) is 49.6 Å². The molecule has 0 radical (unpaired) electrons. The van der Waals surface area contributed by atoms with E-state index in [1.807, 2.05) is 5.38 Å². The lowest BCUT2D eigenvalue weighted by molar-refractivity contribution is -0.137. The van der Waals surface area contributed by atoms with Crippen LogP contribution >= 0.6 is 11.3 Å². The van der Waals surface area contributed by atoms with Gasteiger partial charge in [-0.1, -0.05) is 0 Å². The summed E-state index contributed by atoms with van der Waals surface area (Å²) in [6.07, 6.45) is 3.21. The van der Waals surface area contributed by atoms with Crippen molar-refractivity contribution in [3.63, 3.8) is 0 Å². The summed E-state index contributed by atoms with van der Waals surface area (Å²) in [6.45, 7) is 3.13. The molecule has 0 spiro atoms. The number of ether oxygens (including phenoxy) is 1. The molecule has 0 saturated carbocycles. The number of carbonyl (C=O) groups is 1. The van der Waals surface area contributed by atoms with Crippen molar-refractivity contribution in [1.29, 1.82) is 0 Å². The van der Waals surface area contributed by atoms with E-state index in [1.165, 1.54) is 12.1 Å². The summed E-state index contributed by atoms with van der Waals surface area (Å²) < 4.78 is 18.5. The molecule has 5 nitrogen and oxygen atoms in total. The fourth-order valence-corrected chi connectivity index (χ4v) is 3.95. The first kappa shape index (κ1) is 18.8. The van der Waals surface area contributed by atoms with Crippen molar-refractivity contribution in [2.45, 2.75) is 38.8 Å². The average Bonchev–Trinajstić information content (AvgIpc) is 3.07. The largest absolute Gasteiger partial charge is 0.486 e. The van der Waals surface area contributed by atoms with Crippen LogP contribution in [0.25, 0.3) is 0 Å². The van der Waals surface area contributed by atoms with E-state index in [-0.39, 0.29) is 12.2 Å². The summed E-state index contributed by atoms with van der Waals surface area (Å²) in [5.41, 5.74) is 1.02. The Bertz CT molecular complexity index is 720. The second-order valence-electron chi connectivity index (χ2n) is 6.65. The number of aromatic nitrogens is 1. The zero-order chi connectivity index (χ0) is 18.4. The summed E-state index contributed by atoms with van der Waals surface area (Å²) in [4.78, 5) is 17.7. The predicted octanol–water partition coefficient (Wildman–Crippen LogP) is 3.94. The third-order valence-corrected chi connectivity index (χ3v) is 5.40. The van der Waals surface area contributed by atoms with Crippen molar-refractivity contribution in [2.24, 2.45) is 5.92 Å². The molecule has 2 heterocycles. The number of benzene rings is 1. The Balaban J connectivity index is 1.46. The lowest BCUT2D eigenvalue weighted by atomic mass is 9.93. The molecule has 1 atom stereocenters. The number of hydrogen-bond acceptors (Lipinski definition) is 5. The molecule has 1 unspecified atom stereocenters. The number of halogens is 1. The number of likely N-dealkylation sites (tertiary alicyclic amines) is 1. The number of carboxylic acid groups (broad SMARTS) is 1. The number of thiazole rings is 1. The van der Waals surface area contributed by atoms with Crippen molar-refractivity contribution in [1.82, 2.24) is 9.88 Å². The first-order valence-electron chi connectivity index (χ1n) is 8.84. The standard InChI is InChI=1S/C19H23FN2O3S/c20-15-4-6-17(7-5-15)25-12-18-21-16(13-26-18)11-22-9-1-2-14(10-22)3-8-19(23)24/h4-7,13-14H,1-3,8-12H2,(H,23,24). The summed E-state index contributed by atoms with van der Waals surface area (Å²) in [6, 6.07) is 5.96. The van der Waals surface area contributed by atoms with Crippen LogP contribution in [0, 0.1) is 11.7 Å². The number of piperidine rings is 1. The molecule has 3 rings (SSSR count). The smallest absolute Gasteiger partial charge is 0.303 e. The van der Waals surface area contributed by atoms with Crippen molar-refractivity contribution < 1.29 is 19.0 Å². The highest BCUT2D eigenvalue weighted by Gasteiger charge is 2.21. The van der Waals surface area contributed by atoms with Crippen molar-refractivity contribution in [3.8, 4) is 5.75 Å². The van der Waals surface area contributed by atoms with Gasteiger partial charge in [0.05, 0.1) is 5.69 Å². The number of carboxylic acids is 1. The van der Waals surface area contributed by atoms with Gasteiger partial charge < -0.3 is 9.84 Å². The van der Waals surface area contributed by atoms with Gasteiger partial charge in [-0.05, 0) is 56.0 Å². The molecule has 140 valence electrons. The van der Waals surface area contributed by atoms with E-state index in [4.69, 9.17) is 9.84 Å². The number of hydrogen-bond donors (Lipinski definition) is 1. The molecule has 1 N–H and O–H groups in total. The van der Waals surface area contributed by atoms with E-state index in [2.05, 4.69) is 9.88 Å². The zero-order valence-electron chi connectivity index (χ0n) is 14.6. The SMILES string of the molecule is O=C(O)CCC1CCCN(Cc2csc(COc3ccc(F)cc3)n2)C1.